The minimum absolute atomic E-state index is 0.533. The Kier molecular flexibility index (Phi) is 17.5. The second kappa shape index (κ2) is 24.7. The van der Waals surface area contributed by atoms with Gasteiger partial charge < -0.3 is 0 Å². The molecular formula is C68H58N8. The van der Waals surface area contributed by atoms with Gasteiger partial charge in [0.15, 0.2) is 11.4 Å². The van der Waals surface area contributed by atoms with Crippen molar-refractivity contribution in [3.8, 4) is 12.1 Å². The third-order valence-electron chi connectivity index (χ3n) is 13.0. The summed E-state index contributed by atoms with van der Waals surface area (Å²) < 4.78 is 0. The first-order valence-corrected chi connectivity index (χ1v) is 24.9. The van der Waals surface area contributed by atoms with E-state index in [0.29, 0.717) is 22.5 Å². The van der Waals surface area contributed by atoms with Gasteiger partial charge in [-0.15, -0.1) is 0 Å². The van der Waals surface area contributed by atoms with E-state index in [2.05, 4.69) is 59.9 Å². The Balaban J connectivity index is 0.000000168. The molecule has 0 unspecified atom stereocenters. The van der Waals surface area contributed by atoms with Crippen LogP contribution in [0.5, 0.6) is 0 Å². The van der Waals surface area contributed by atoms with Crippen molar-refractivity contribution in [3.05, 3.63) is 263 Å². The van der Waals surface area contributed by atoms with Gasteiger partial charge in [-0.3, -0.25) is 0 Å². The second-order valence-corrected chi connectivity index (χ2v) is 18.9. The molecule has 0 saturated carbocycles. The molecule has 370 valence electrons. The molecule has 0 atom stereocenters. The van der Waals surface area contributed by atoms with Crippen LogP contribution in [0.1, 0.15) is 106 Å². The van der Waals surface area contributed by atoms with Crippen molar-refractivity contribution in [2.45, 2.75) is 69.2 Å². The lowest BCUT2D eigenvalue weighted by molar-refractivity contribution is 1.07. The lowest BCUT2D eigenvalue weighted by Gasteiger charge is -2.12. The molecule has 0 fully saturated rings. The van der Waals surface area contributed by atoms with E-state index in [9.17, 15) is 10.5 Å². The molecule has 8 nitrogen and oxygen atoms in total. The Hall–Kier alpha value is -9.86. The third kappa shape index (κ3) is 13.4. The highest BCUT2D eigenvalue weighted by molar-refractivity contribution is 5.99. The maximum absolute atomic E-state index is 9.57. The molecule has 0 aliphatic heterocycles. The summed E-state index contributed by atoms with van der Waals surface area (Å²) in [5, 5.41) is 19.1. The standard InChI is InChI=1S/2C26H20N2.C16H18N4/c1-19-4-8-21(9-5-19)16-25(18-27)23-12-14-24(15-13-23)26(28-3)17-22-10-6-20(2)7-11-22;1-19-4-8-21(9-5-19)12-14-23-17-26(28-3)24(16-25(23)18-27)15-13-22-10-6-20(2)7-11-22;1-7-13-15(19-11(5)9(3)17-13)8(2)16-14(7)18-10(4)12(6)20-16/h2*4-17H,1-2H3;1-6H3/b25-16+,26-17-;14-12+,15-13+;. The summed E-state index contributed by atoms with van der Waals surface area (Å²) in [6, 6.07) is 48.2. The largest absolute Gasteiger partial charge is 0.249 e. The van der Waals surface area contributed by atoms with Gasteiger partial charge in [-0.05, 0) is 138 Å². The lowest BCUT2D eigenvalue weighted by Crippen LogP contribution is -2.02. The zero-order valence-electron chi connectivity index (χ0n) is 44.7. The summed E-state index contributed by atoms with van der Waals surface area (Å²) in [7, 11) is 0. The predicted octanol–water partition coefficient (Wildman–Crippen LogP) is 17.3. The quantitative estimate of drug-likeness (QED) is 0.0649. The number of aromatic nitrogens is 4. The smallest absolute Gasteiger partial charge is 0.194 e. The van der Waals surface area contributed by atoms with Crippen LogP contribution in [0.3, 0.4) is 0 Å². The molecule has 0 bridgehead atoms. The van der Waals surface area contributed by atoms with E-state index in [1.54, 1.807) is 12.1 Å². The van der Waals surface area contributed by atoms with E-state index >= 15 is 0 Å². The molecule has 0 saturated heterocycles. The Morgan fingerprint density at radius 3 is 1.17 bits per heavy atom. The Labute approximate surface area is 447 Å². The van der Waals surface area contributed by atoms with Crippen LogP contribution in [0.15, 0.2) is 133 Å². The van der Waals surface area contributed by atoms with E-state index < -0.39 is 0 Å². The van der Waals surface area contributed by atoms with Crippen LogP contribution in [0, 0.1) is 105 Å². The summed E-state index contributed by atoms with van der Waals surface area (Å²) >= 11 is 0. The maximum Gasteiger partial charge on any atom is 0.194 e. The molecular weight excluding hydrogens is 929 g/mol. The zero-order valence-corrected chi connectivity index (χ0v) is 44.7. The fourth-order valence-corrected chi connectivity index (χ4v) is 8.12. The van der Waals surface area contributed by atoms with Gasteiger partial charge in [0, 0.05) is 11.1 Å². The monoisotopic (exact) mass is 986 g/mol. The highest BCUT2D eigenvalue weighted by atomic mass is 14.9. The number of rotatable bonds is 8. The number of nitriles is 2. The molecule has 2 aromatic heterocycles. The highest BCUT2D eigenvalue weighted by Gasteiger charge is 2.16. The third-order valence-corrected chi connectivity index (χ3v) is 13.0. The molecule has 9 rings (SSSR count). The van der Waals surface area contributed by atoms with Crippen molar-refractivity contribution >= 4 is 75.5 Å². The van der Waals surface area contributed by atoms with Gasteiger partial charge >= 0.3 is 0 Å². The topological polar surface area (TPSA) is 108 Å². The van der Waals surface area contributed by atoms with Crippen LogP contribution in [-0.2, 0) is 0 Å². The molecule has 0 N–H and O–H groups in total. The van der Waals surface area contributed by atoms with Crippen molar-refractivity contribution < 1.29 is 0 Å². The molecule has 8 heteroatoms. The van der Waals surface area contributed by atoms with E-state index in [1.165, 1.54) is 22.3 Å². The number of benzene rings is 7. The first kappa shape index (κ1) is 53.9. The summed E-state index contributed by atoms with van der Waals surface area (Å²) in [4.78, 5) is 26.2. The van der Waals surface area contributed by atoms with Crippen LogP contribution < -0.4 is 0 Å². The van der Waals surface area contributed by atoms with Crippen molar-refractivity contribution in [1.29, 1.82) is 10.5 Å². The Bertz CT molecular complexity index is 3580. The highest BCUT2D eigenvalue weighted by Crippen LogP contribution is 2.31. The van der Waals surface area contributed by atoms with Crippen molar-refractivity contribution in [2.24, 2.45) is 0 Å². The number of hydrogen-bond acceptors (Lipinski definition) is 6. The van der Waals surface area contributed by atoms with E-state index in [4.69, 9.17) is 33.1 Å². The van der Waals surface area contributed by atoms with Gasteiger partial charge in [0.2, 0.25) is 0 Å². The SMILES string of the molecule is Cc1nc2c(C)c3nc(C)c(C)nc3c(C)c2nc1C.[C-]#[N+]/C(=C\c1ccc(C)cc1)c1ccc(/C(C#N)=C/c2ccc(C)cc2)cc1.[C-]#[N+]c1cc(/C=C/c2ccc(C)cc2)c(C#N)cc1/C=C/c1ccc(C)cc1. The number of nitrogens with zero attached hydrogens (tertiary/aromatic N) is 8. The van der Waals surface area contributed by atoms with Crippen molar-refractivity contribution in [3.63, 3.8) is 0 Å². The fraction of sp³-hybridized carbons (Fsp3) is 0.147. The van der Waals surface area contributed by atoms with E-state index in [-0.39, 0.29) is 0 Å². The van der Waals surface area contributed by atoms with Crippen LogP contribution in [0.2, 0.25) is 0 Å². The van der Waals surface area contributed by atoms with Crippen molar-refractivity contribution in [2.75, 3.05) is 0 Å². The predicted molar refractivity (Wildman–Crippen MR) is 315 cm³/mol. The molecule has 0 aliphatic rings. The number of aryl methyl sites for hydroxylation is 10. The van der Waals surface area contributed by atoms with Crippen molar-refractivity contribution in [1.82, 2.24) is 19.9 Å². The number of fused-ring (bicyclic) bond motifs is 2. The van der Waals surface area contributed by atoms with Crippen LogP contribution in [0.4, 0.5) is 5.69 Å². The first-order chi connectivity index (χ1) is 36.6. The van der Waals surface area contributed by atoms with E-state index in [0.717, 1.165) is 100 Å². The second-order valence-electron chi connectivity index (χ2n) is 18.9. The van der Waals surface area contributed by atoms with Crippen LogP contribution in [0.25, 0.3) is 79.5 Å². The molecule has 0 amide bonds. The summed E-state index contributed by atoms with van der Waals surface area (Å²) in [6.45, 7) is 35.3. The van der Waals surface area contributed by atoms with Gasteiger partial charge in [0.1, 0.15) is 0 Å². The molecule has 9 aromatic rings. The first-order valence-electron chi connectivity index (χ1n) is 24.9. The molecule has 76 heavy (non-hydrogen) atoms. The average Bonchev–Trinajstić information content (AvgIpc) is 3.44. The average molecular weight is 987 g/mol. The fourth-order valence-electron chi connectivity index (χ4n) is 8.12. The van der Waals surface area contributed by atoms with Gasteiger partial charge in [-0.2, -0.15) is 10.5 Å². The minimum Gasteiger partial charge on any atom is -0.249 e. The molecule has 0 radical (unpaired) electrons. The Morgan fingerprint density at radius 1 is 0.434 bits per heavy atom. The van der Waals surface area contributed by atoms with Crippen LogP contribution >= 0.6 is 0 Å². The summed E-state index contributed by atoms with van der Waals surface area (Å²) in [5.74, 6) is 0. The normalized spacial score (nSPS) is 11.3. The lowest BCUT2D eigenvalue weighted by atomic mass is 10.0. The maximum atomic E-state index is 9.57. The number of allylic oxidation sites excluding steroid dienone is 1. The summed E-state index contributed by atoms with van der Waals surface area (Å²) in [6.07, 6.45) is 11.5. The summed E-state index contributed by atoms with van der Waals surface area (Å²) in [5.41, 5.74) is 24.1. The van der Waals surface area contributed by atoms with Gasteiger partial charge in [-0.25, -0.2) is 29.6 Å². The zero-order chi connectivity index (χ0) is 54.5. The molecule has 7 aromatic carbocycles. The molecule has 2 heterocycles. The van der Waals surface area contributed by atoms with Gasteiger partial charge in [0.05, 0.1) is 81.3 Å². The molecule has 0 spiro atoms. The van der Waals surface area contributed by atoms with Crippen LogP contribution in [-0.4, -0.2) is 19.9 Å². The minimum atomic E-state index is 0.533. The van der Waals surface area contributed by atoms with Gasteiger partial charge in [0.25, 0.3) is 0 Å². The van der Waals surface area contributed by atoms with Gasteiger partial charge in [-0.1, -0.05) is 168 Å². The van der Waals surface area contributed by atoms with E-state index in [1.807, 2.05) is 189 Å². The molecule has 0 aliphatic carbocycles. The number of hydrogen-bond donors (Lipinski definition) is 0. The Morgan fingerprint density at radius 2 is 0.803 bits per heavy atom.